The molecule has 0 aromatic carbocycles. The first-order valence-corrected chi connectivity index (χ1v) is 3.33. The van der Waals surface area contributed by atoms with Crippen LogP contribution < -0.4 is 5.73 Å². The molecule has 0 amide bonds. The normalized spacial score (nSPS) is 13.0. The number of rotatable bonds is 2. The smallest absolute Gasteiger partial charge is 0.213 e. The van der Waals surface area contributed by atoms with Crippen LogP contribution in [-0.4, -0.2) is 16.7 Å². The Morgan fingerprint density at radius 3 is 2.75 bits per heavy atom. The largest absolute Gasteiger partial charge is 0.394 e. The van der Waals surface area contributed by atoms with Crippen molar-refractivity contribution in [2.24, 2.45) is 5.73 Å². The van der Waals surface area contributed by atoms with Crippen LogP contribution in [-0.2, 0) is 0 Å². The summed E-state index contributed by atoms with van der Waals surface area (Å²) in [6.07, 6.45) is 0. The predicted molar refractivity (Wildman–Crippen MR) is 38.2 cm³/mol. The molecule has 0 radical (unpaired) electrons. The Morgan fingerprint density at radius 1 is 1.50 bits per heavy atom. The lowest BCUT2D eigenvalue weighted by Crippen LogP contribution is -2.18. The van der Waals surface area contributed by atoms with Gasteiger partial charge in [0.1, 0.15) is 5.82 Å². The summed E-state index contributed by atoms with van der Waals surface area (Å²) in [6, 6.07) is 0.844. The Balaban J connectivity index is 3.04. The molecule has 0 aliphatic heterocycles. The van der Waals surface area contributed by atoms with Crippen molar-refractivity contribution < 1.29 is 13.9 Å². The highest BCUT2D eigenvalue weighted by Gasteiger charge is 2.12. The number of aliphatic hydroxyl groups is 1. The van der Waals surface area contributed by atoms with Crippen LogP contribution in [0.1, 0.15) is 11.7 Å². The number of aromatic nitrogens is 1. The van der Waals surface area contributed by atoms with E-state index in [-0.39, 0.29) is 5.69 Å². The molecule has 66 valence electrons. The topological polar surface area (TPSA) is 59.1 Å². The summed E-state index contributed by atoms with van der Waals surface area (Å²) in [4.78, 5) is 3.22. The van der Waals surface area contributed by atoms with Gasteiger partial charge < -0.3 is 10.8 Å². The van der Waals surface area contributed by atoms with Gasteiger partial charge >= 0.3 is 0 Å². The van der Waals surface area contributed by atoms with E-state index in [1.807, 2.05) is 0 Å². The molecule has 1 aromatic heterocycles. The third-order valence-corrected chi connectivity index (χ3v) is 1.39. The maximum atomic E-state index is 12.8. The van der Waals surface area contributed by atoms with Crippen molar-refractivity contribution in [3.8, 4) is 0 Å². The molecule has 3 nitrogen and oxygen atoms in total. The fourth-order valence-corrected chi connectivity index (χ4v) is 0.780. The van der Waals surface area contributed by atoms with Crippen LogP contribution in [0.15, 0.2) is 12.1 Å². The van der Waals surface area contributed by atoms with E-state index in [4.69, 9.17) is 10.8 Å². The molecule has 0 bridgehead atoms. The zero-order valence-corrected chi connectivity index (χ0v) is 6.17. The fourth-order valence-electron chi connectivity index (χ4n) is 0.780. The van der Waals surface area contributed by atoms with Crippen molar-refractivity contribution in [2.75, 3.05) is 6.61 Å². The van der Waals surface area contributed by atoms with Gasteiger partial charge in [0.25, 0.3) is 0 Å². The van der Waals surface area contributed by atoms with Crippen molar-refractivity contribution in [3.05, 3.63) is 29.6 Å². The van der Waals surface area contributed by atoms with Gasteiger partial charge in [-0.05, 0) is 12.1 Å². The Bertz CT molecular complexity index is 280. The van der Waals surface area contributed by atoms with E-state index in [1.165, 1.54) is 0 Å². The minimum absolute atomic E-state index is 0.252. The van der Waals surface area contributed by atoms with Crippen molar-refractivity contribution in [1.29, 1.82) is 0 Å². The molecule has 1 heterocycles. The number of pyridine rings is 1. The van der Waals surface area contributed by atoms with E-state index >= 15 is 0 Å². The summed E-state index contributed by atoms with van der Waals surface area (Å²) in [6.45, 7) is -0.465. The van der Waals surface area contributed by atoms with Crippen LogP contribution in [0, 0.1) is 11.8 Å². The van der Waals surface area contributed by atoms with Gasteiger partial charge in [-0.2, -0.15) is 4.39 Å². The number of hydrogen-bond acceptors (Lipinski definition) is 3. The third kappa shape index (κ3) is 1.75. The number of nitrogens with two attached hydrogens (primary N) is 1. The summed E-state index contributed by atoms with van der Waals surface area (Å²) in [5, 5.41) is 8.55. The van der Waals surface area contributed by atoms with Crippen molar-refractivity contribution in [2.45, 2.75) is 6.04 Å². The molecule has 0 unspecified atom stereocenters. The number of hydrogen-bond donors (Lipinski definition) is 2. The molecule has 1 atom stereocenters. The summed E-state index contributed by atoms with van der Waals surface area (Å²) in [5.41, 5.74) is 4.99. The van der Waals surface area contributed by atoms with Crippen LogP contribution in [0.2, 0.25) is 0 Å². The van der Waals surface area contributed by atoms with Crippen LogP contribution in [0.4, 0.5) is 8.78 Å². The quantitative estimate of drug-likeness (QED) is 0.636. The van der Waals surface area contributed by atoms with Gasteiger partial charge in [-0.15, -0.1) is 0 Å². The summed E-state index contributed by atoms with van der Waals surface area (Å²) in [5.74, 6) is -1.52. The molecule has 3 N–H and O–H groups in total. The molecule has 0 aliphatic rings. The zero-order chi connectivity index (χ0) is 9.14. The second-order valence-corrected chi connectivity index (χ2v) is 2.29. The van der Waals surface area contributed by atoms with E-state index in [9.17, 15) is 8.78 Å². The van der Waals surface area contributed by atoms with Gasteiger partial charge in [0, 0.05) is 0 Å². The minimum atomic E-state index is -0.972. The molecular weight excluding hydrogens is 166 g/mol. The second-order valence-electron chi connectivity index (χ2n) is 2.29. The third-order valence-electron chi connectivity index (χ3n) is 1.39. The maximum absolute atomic E-state index is 12.8. The van der Waals surface area contributed by atoms with E-state index in [0.29, 0.717) is 0 Å². The van der Waals surface area contributed by atoms with Crippen LogP contribution >= 0.6 is 0 Å². The van der Waals surface area contributed by atoms with Gasteiger partial charge in [0.2, 0.25) is 5.95 Å². The molecule has 1 aromatic rings. The summed E-state index contributed by atoms with van der Waals surface area (Å²) >= 11 is 0. The van der Waals surface area contributed by atoms with Gasteiger partial charge in [-0.3, -0.25) is 0 Å². The molecule has 0 spiro atoms. The average molecular weight is 174 g/mol. The van der Waals surface area contributed by atoms with Gasteiger partial charge in [0.05, 0.1) is 18.3 Å². The molecular formula is C7H8F2N2O. The zero-order valence-electron chi connectivity index (χ0n) is 6.17. The van der Waals surface area contributed by atoms with Gasteiger partial charge in [0.15, 0.2) is 0 Å². The van der Waals surface area contributed by atoms with Crippen molar-refractivity contribution in [3.63, 3.8) is 0 Å². The molecule has 12 heavy (non-hydrogen) atoms. The highest BCUT2D eigenvalue weighted by Crippen LogP contribution is 2.11. The lowest BCUT2D eigenvalue weighted by atomic mass is 10.2. The maximum Gasteiger partial charge on any atom is 0.213 e. The van der Waals surface area contributed by atoms with E-state index in [0.717, 1.165) is 12.1 Å². The average Bonchev–Trinajstić information content (AvgIpc) is 2.08. The number of nitrogens with zero attached hydrogens (tertiary/aromatic N) is 1. The minimum Gasteiger partial charge on any atom is -0.394 e. The van der Waals surface area contributed by atoms with Gasteiger partial charge in [-0.1, -0.05) is 0 Å². The van der Waals surface area contributed by atoms with Crippen molar-refractivity contribution in [1.82, 2.24) is 4.98 Å². The first kappa shape index (κ1) is 9.02. The highest BCUT2D eigenvalue weighted by atomic mass is 19.1. The molecule has 0 fully saturated rings. The van der Waals surface area contributed by atoms with E-state index in [1.54, 1.807) is 0 Å². The number of aliphatic hydroxyl groups excluding tert-OH is 1. The molecule has 0 saturated carbocycles. The lowest BCUT2D eigenvalue weighted by molar-refractivity contribution is 0.262. The Kier molecular flexibility index (Phi) is 2.67. The number of halogens is 2. The standard InChI is InChI=1S/C7H8F2N2O/c8-4-1-2-6(9)11-7(4)5(10)3-12/h1-2,5,12H,3,10H2/t5-/m1/s1. The molecule has 0 saturated heterocycles. The first-order valence-electron chi connectivity index (χ1n) is 3.33. The Hall–Kier alpha value is -1.07. The molecule has 5 heteroatoms. The monoisotopic (exact) mass is 174 g/mol. The van der Waals surface area contributed by atoms with Crippen molar-refractivity contribution >= 4 is 0 Å². The highest BCUT2D eigenvalue weighted by molar-refractivity contribution is 5.11. The lowest BCUT2D eigenvalue weighted by Gasteiger charge is -2.07. The summed E-state index contributed by atoms with van der Waals surface area (Å²) in [7, 11) is 0. The van der Waals surface area contributed by atoms with Crippen LogP contribution in [0.5, 0.6) is 0 Å². The van der Waals surface area contributed by atoms with Gasteiger partial charge in [-0.25, -0.2) is 9.37 Å². The predicted octanol–water partition coefficient (Wildman–Crippen LogP) is 0.352. The van der Waals surface area contributed by atoms with Crippen LogP contribution in [0.25, 0.3) is 0 Å². The first-order chi connectivity index (χ1) is 5.65. The van der Waals surface area contributed by atoms with Crippen LogP contribution in [0.3, 0.4) is 0 Å². The van der Waals surface area contributed by atoms with E-state index < -0.39 is 24.4 Å². The molecule has 0 aliphatic carbocycles. The Morgan fingerprint density at radius 2 is 2.17 bits per heavy atom. The molecule has 1 rings (SSSR count). The fraction of sp³-hybridized carbons (Fsp3) is 0.286. The second kappa shape index (κ2) is 3.55. The SMILES string of the molecule is N[C@H](CO)c1nc(F)ccc1F. The Labute approximate surface area is 67.8 Å². The van der Waals surface area contributed by atoms with E-state index in [2.05, 4.69) is 4.98 Å². The summed E-state index contributed by atoms with van der Waals surface area (Å²) < 4.78 is 25.2.